The molecule has 0 aliphatic rings. The van der Waals surface area contributed by atoms with Crippen molar-refractivity contribution >= 4 is 15.7 Å². The first-order valence-corrected chi connectivity index (χ1v) is 7.42. The smallest absolute Gasteiger partial charge is 0.273 e. The topological polar surface area (TPSA) is 110 Å². The van der Waals surface area contributed by atoms with E-state index in [9.17, 15) is 18.5 Å². The Morgan fingerprint density at radius 3 is 2.58 bits per heavy atom. The van der Waals surface area contributed by atoms with Gasteiger partial charge in [-0.2, -0.15) is 0 Å². The van der Waals surface area contributed by atoms with Crippen LogP contribution in [-0.2, 0) is 15.8 Å². The summed E-state index contributed by atoms with van der Waals surface area (Å²) in [6, 6.07) is 5.74. The fraction of sp³-hybridized carbons (Fsp3) is 0.455. The van der Waals surface area contributed by atoms with Crippen LogP contribution in [0.3, 0.4) is 0 Å². The van der Waals surface area contributed by atoms with Gasteiger partial charge in [-0.1, -0.05) is 18.2 Å². The van der Waals surface area contributed by atoms with Gasteiger partial charge in [0.2, 0.25) is 10.0 Å². The Bertz CT molecular complexity index is 530. The molecule has 0 spiro atoms. The molecule has 0 amide bonds. The van der Waals surface area contributed by atoms with Crippen LogP contribution in [0.15, 0.2) is 24.3 Å². The van der Waals surface area contributed by atoms with Crippen molar-refractivity contribution in [3.63, 3.8) is 0 Å². The minimum Gasteiger partial charge on any atom is -0.396 e. The summed E-state index contributed by atoms with van der Waals surface area (Å²) in [5.41, 5.74) is -0.0506. The number of nitrogens with zero attached hydrogens (tertiary/aromatic N) is 1. The number of aliphatic hydroxyl groups is 1. The number of aliphatic hydroxyl groups excluding tert-OH is 1. The maximum Gasteiger partial charge on any atom is 0.273 e. The fourth-order valence-electron chi connectivity index (χ4n) is 1.53. The highest BCUT2D eigenvalue weighted by Crippen LogP contribution is 2.19. The van der Waals surface area contributed by atoms with Crippen molar-refractivity contribution in [2.24, 2.45) is 0 Å². The first kappa shape index (κ1) is 15.5. The Balaban J connectivity index is 2.70. The van der Waals surface area contributed by atoms with E-state index in [1.54, 1.807) is 6.07 Å². The zero-order valence-electron chi connectivity index (χ0n) is 10.3. The molecular weight excluding hydrogens is 272 g/mol. The van der Waals surface area contributed by atoms with Gasteiger partial charge in [-0.25, -0.2) is 13.1 Å². The van der Waals surface area contributed by atoms with E-state index in [-0.39, 0.29) is 24.4 Å². The zero-order chi connectivity index (χ0) is 14.3. The van der Waals surface area contributed by atoms with Gasteiger partial charge in [0, 0.05) is 24.8 Å². The summed E-state index contributed by atoms with van der Waals surface area (Å²) in [6.07, 6.45) is 1.03. The summed E-state index contributed by atoms with van der Waals surface area (Å²) in [4.78, 5) is 10.2. The number of rotatable bonds is 8. The third-order valence-corrected chi connectivity index (χ3v) is 3.78. The van der Waals surface area contributed by atoms with E-state index in [0.717, 1.165) is 0 Å². The molecular formula is C11H16N2O5S. The molecule has 7 nitrogen and oxygen atoms in total. The van der Waals surface area contributed by atoms with Crippen molar-refractivity contribution in [1.82, 2.24) is 4.72 Å². The second-order valence-electron chi connectivity index (χ2n) is 3.97. The molecule has 0 bridgehead atoms. The van der Waals surface area contributed by atoms with Gasteiger partial charge >= 0.3 is 0 Å². The van der Waals surface area contributed by atoms with Crippen molar-refractivity contribution in [3.05, 3.63) is 39.9 Å². The molecule has 0 aromatic heterocycles. The van der Waals surface area contributed by atoms with E-state index in [4.69, 9.17) is 5.11 Å². The van der Waals surface area contributed by atoms with E-state index in [1.165, 1.54) is 18.2 Å². The lowest BCUT2D eigenvalue weighted by Gasteiger charge is -2.06. The molecule has 8 heteroatoms. The minimum absolute atomic E-state index is 0.00584. The van der Waals surface area contributed by atoms with Gasteiger partial charge in [0.25, 0.3) is 5.69 Å². The molecule has 1 aromatic rings. The monoisotopic (exact) mass is 288 g/mol. The van der Waals surface area contributed by atoms with Crippen LogP contribution in [-0.4, -0.2) is 31.6 Å². The lowest BCUT2D eigenvalue weighted by atomic mass is 10.2. The standard InChI is InChI=1S/C11H16N2O5S/c14-8-4-3-7-12-19(17,18)9-10-5-1-2-6-11(10)13(15)16/h1-2,5-6,12,14H,3-4,7-9H2. The van der Waals surface area contributed by atoms with E-state index < -0.39 is 20.7 Å². The summed E-state index contributed by atoms with van der Waals surface area (Å²) in [5.74, 6) is -0.427. The molecule has 0 unspecified atom stereocenters. The molecule has 0 radical (unpaired) electrons. The Labute approximate surface area is 111 Å². The van der Waals surface area contributed by atoms with Crippen LogP contribution in [0.4, 0.5) is 5.69 Å². The molecule has 1 rings (SSSR count). The van der Waals surface area contributed by atoms with Crippen molar-refractivity contribution < 1.29 is 18.4 Å². The van der Waals surface area contributed by atoms with E-state index >= 15 is 0 Å². The Hall–Kier alpha value is -1.51. The summed E-state index contributed by atoms with van der Waals surface area (Å²) >= 11 is 0. The lowest BCUT2D eigenvalue weighted by Crippen LogP contribution is -2.26. The number of hydrogen-bond donors (Lipinski definition) is 2. The van der Waals surface area contributed by atoms with Gasteiger partial charge in [0.1, 0.15) is 0 Å². The molecule has 0 aliphatic carbocycles. The van der Waals surface area contributed by atoms with Crippen molar-refractivity contribution in [2.45, 2.75) is 18.6 Å². The normalized spacial score (nSPS) is 11.4. The third kappa shape index (κ3) is 5.33. The number of nitro groups is 1. The SMILES string of the molecule is O=[N+]([O-])c1ccccc1CS(=O)(=O)NCCCCO. The van der Waals surface area contributed by atoms with Crippen LogP contribution in [0.2, 0.25) is 0 Å². The summed E-state index contributed by atoms with van der Waals surface area (Å²) < 4.78 is 25.8. The Morgan fingerprint density at radius 1 is 1.26 bits per heavy atom. The van der Waals surface area contributed by atoms with Crippen molar-refractivity contribution in [2.75, 3.05) is 13.2 Å². The summed E-state index contributed by atoms with van der Waals surface area (Å²) in [5, 5.41) is 19.3. The Morgan fingerprint density at radius 2 is 1.95 bits per heavy atom. The highest BCUT2D eigenvalue weighted by Gasteiger charge is 2.19. The average Bonchev–Trinajstić information content (AvgIpc) is 2.34. The van der Waals surface area contributed by atoms with Gasteiger partial charge in [-0.15, -0.1) is 0 Å². The quantitative estimate of drug-likeness (QED) is 0.417. The number of nitrogens with one attached hydrogen (secondary N) is 1. The second-order valence-corrected chi connectivity index (χ2v) is 5.78. The summed E-state index contributed by atoms with van der Waals surface area (Å²) in [6.45, 7) is 0.218. The van der Waals surface area contributed by atoms with E-state index in [0.29, 0.717) is 12.8 Å². The van der Waals surface area contributed by atoms with Gasteiger partial charge in [-0.05, 0) is 12.8 Å². The molecule has 0 saturated heterocycles. The number of para-hydroxylation sites is 1. The Kier molecular flexibility index (Phi) is 5.87. The fourth-order valence-corrected chi connectivity index (χ4v) is 2.74. The van der Waals surface area contributed by atoms with Crippen LogP contribution in [0, 0.1) is 10.1 Å². The van der Waals surface area contributed by atoms with Gasteiger partial charge < -0.3 is 5.11 Å². The number of nitro benzene ring substituents is 1. The first-order chi connectivity index (χ1) is 8.96. The van der Waals surface area contributed by atoms with E-state index in [2.05, 4.69) is 4.72 Å². The van der Waals surface area contributed by atoms with Crippen LogP contribution in [0.5, 0.6) is 0 Å². The predicted molar refractivity (Wildman–Crippen MR) is 70.0 cm³/mol. The van der Waals surface area contributed by atoms with Crippen molar-refractivity contribution in [3.8, 4) is 0 Å². The molecule has 106 valence electrons. The number of benzene rings is 1. The maximum atomic E-state index is 11.7. The predicted octanol–water partition coefficient (Wildman–Crippen LogP) is 0.787. The highest BCUT2D eigenvalue weighted by molar-refractivity contribution is 7.88. The molecule has 2 N–H and O–H groups in total. The van der Waals surface area contributed by atoms with Gasteiger partial charge in [0.05, 0.1) is 10.7 Å². The molecule has 19 heavy (non-hydrogen) atoms. The van der Waals surface area contributed by atoms with Crippen LogP contribution >= 0.6 is 0 Å². The molecule has 0 atom stereocenters. The molecule has 0 saturated carbocycles. The zero-order valence-corrected chi connectivity index (χ0v) is 11.1. The molecule has 1 aromatic carbocycles. The number of sulfonamides is 1. The average molecular weight is 288 g/mol. The number of unbranched alkanes of at least 4 members (excludes halogenated alkanes) is 1. The van der Waals surface area contributed by atoms with Crippen molar-refractivity contribution in [1.29, 1.82) is 0 Å². The van der Waals surface area contributed by atoms with E-state index in [1.807, 2.05) is 0 Å². The highest BCUT2D eigenvalue weighted by atomic mass is 32.2. The number of hydrogen-bond acceptors (Lipinski definition) is 5. The van der Waals surface area contributed by atoms with Crippen LogP contribution < -0.4 is 4.72 Å². The molecule has 0 aliphatic heterocycles. The molecule has 0 heterocycles. The third-order valence-electron chi connectivity index (χ3n) is 2.44. The minimum atomic E-state index is -3.61. The first-order valence-electron chi connectivity index (χ1n) is 5.77. The van der Waals surface area contributed by atoms with Crippen LogP contribution in [0.25, 0.3) is 0 Å². The van der Waals surface area contributed by atoms with Gasteiger partial charge in [0.15, 0.2) is 0 Å². The van der Waals surface area contributed by atoms with Crippen LogP contribution in [0.1, 0.15) is 18.4 Å². The molecule has 0 fully saturated rings. The van der Waals surface area contributed by atoms with Gasteiger partial charge in [-0.3, -0.25) is 10.1 Å². The largest absolute Gasteiger partial charge is 0.396 e. The second kappa shape index (κ2) is 7.17. The summed E-state index contributed by atoms with van der Waals surface area (Å²) in [7, 11) is -3.61. The lowest BCUT2D eigenvalue weighted by molar-refractivity contribution is -0.385. The maximum absolute atomic E-state index is 11.7.